The molecule has 35 heavy (non-hydrogen) atoms. The number of nitrogens with zero attached hydrogens (tertiary/aromatic N) is 2. The summed E-state index contributed by atoms with van der Waals surface area (Å²) in [6.07, 6.45) is 12.5. The first-order chi connectivity index (χ1) is 17.0. The molecule has 3 atom stereocenters. The van der Waals surface area contributed by atoms with Crippen LogP contribution in [0.1, 0.15) is 103 Å². The lowest BCUT2D eigenvalue weighted by molar-refractivity contribution is -0.126. The van der Waals surface area contributed by atoms with Crippen LogP contribution in [-0.2, 0) is 11.2 Å². The van der Waals surface area contributed by atoms with Crippen molar-refractivity contribution in [3.8, 4) is 5.69 Å². The Hall–Kier alpha value is -2.43. The number of benzene rings is 1. The zero-order valence-corrected chi connectivity index (χ0v) is 21.9. The van der Waals surface area contributed by atoms with Crippen LogP contribution in [0.3, 0.4) is 0 Å². The monoisotopic (exact) mass is 479 g/mol. The van der Waals surface area contributed by atoms with E-state index in [1.807, 2.05) is 10.9 Å². The molecule has 0 saturated heterocycles. The number of halogens is 1. The Kier molecular flexibility index (Phi) is 8.46. The zero-order valence-electron chi connectivity index (χ0n) is 21.9. The summed E-state index contributed by atoms with van der Waals surface area (Å²) in [4.78, 5) is 13.1. The largest absolute Gasteiger partial charge is 0.353 e. The van der Waals surface area contributed by atoms with Crippen LogP contribution in [0.15, 0.2) is 41.6 Å². The molecule has 1 unspecified atom stereocenters. The molecule has 0 fully saturated rings. The van der Waals surface area contributed by atoms with Gasteiger partial charge in [0.15, 0.2) is 0 Å². The fourth-order valence-corrected chi connectivity index (χ4v) is 6.49. The number of carbonyl (C=O) groups is 1. The zero-order chi connectivity index (χ0) is 24.9. The molecule has 1 amide bonds. The topological polar surface area (TPSA) is 46.9 Å². The molecule has 2 aliphatic rings. The second-order valence-electron chi connectivity index (χ2n) is 10.6. The molecular weight excluding hydrogens is 437 g/mol. The van der Waals surface area contributed by atoms with Gasteiger partial charge in [-0.1, -0.05) is 58.1 Å². The van der Waals surface area contributed by atoms with Crippen LogP contribution in [0.5, 0.6) is 0 Å². The molecule has 4 nitrogen and oxygen atoms in total. The van der Waals surface area contributed by atoms with E-state index >= 15 is 0 Å². The van der Waals surface area contributed by atoms with Crippen molar-refractivity contribution in [2.24, 2.45) is 11.8 Å². The van der Waals surface area contributed by atoms with Gasteiger partial charge in [0.05, 0.1) is 17.6 Å². The quantitative estimate of drug-likeness (QED) is 0.345. The molecule has 2 aromatic rings. The SMILES string of the molecule is CCCC(C[C@H]1CCC2=C1[C@@H](C)c1cnn(-c3ccc(F)cc3)c1C2)NC(=O)C(CCC)CCC. The molecule has 1 heterocycles. The lowest BCUT2D eigenvalue weighted by Crippen LogP contribution is -2.40. The predicted octanol–water partition coefficient (Wildman–Crippen LogP) is 7.27. The number of aromatic nitrogens is 2. The Morgan fingerprint density at radius 3 is 2.46 bits per heavy atom. The predicted molar refractivity (Wildman–Crippen MR) is 140 cm³/mol. The van der Waals surface area contributed by atoms with Gasteiger partial charge in [-0.3, -0.25) is 4.79 Å². The third kappa shape index (κ3) is 5.54. The van der Waals surface area contributed by atoms with Crippen LogP contribution in [0.2, 0.25) is 0 Å². The van der Waals surface area contributed by atoms with Gasteiger partial charge in [0, 0.05) is 29.9 Å². The van der Waals surface area contributed by atoms with E-state index in [0.717, 1.165) is 63.5 Å². The van der Waals surface area contributed by atoms with Gasteiger partial charge in [-0.15, -0.1) is 0 Å². The molecular formula is C30H42FN3O. The standard InChI is InChI=1S/C30H42FN3O/c1-5-8-21(9-6-2)30(35)33-25(10-7-3)17-22-11-12-23-18-28-27(20(4)29(22)23)19-32-34(28)26-15-13-24(31)14-16-26/h13-16,19-22,25H,5-12,17-18H2,1-4H3,(H,33,35)/t20-,22+,25?/m0/s1. The number of hydrogen-bond acceptors (Lipinski definition) is 2. The van der Waals surface area contributed by atoms with Crippen LogP contribution in [-0.4, -0.2) is 21.7 Å². The van der Waals surface area contributed by atoms with E-state index in [4.69, 9.17) is 5.10 Å². The molecule has 1 N–H and O–H groups in total. The Labute approximate surface area is 210 Å². The van der Waals surface area contributed by atoms with Gasteiger partial charge in [-0.2, -0.15) is 5.10 Å². The third-order valence-corrected chi connectivity index (χ3v) is 8.13. The summed E-state index contributed by atoms with van der Waals surface area (Å²) in [5.74, 6) is 1.04. The van der Waals surface area contributed by atoms with Gasteiger partial charge in [-0.25, -0.2) is 9.07 Å². The van der Waals surface area contributed by atoms with E-state index in [0.29, 0.717) is 11.8 Å². The van der Waals surface area contributed by atoms with Crippen molar-refractivity contribution in [1.82, 2.24) is 15.1 Å². The number of allylic oxidation sites excluding steroid dienone is 2. The molecule has 0 radical (unpaired) electrons. The van der Waals surface area contributed by atoms with Crippen molar-refractivity contribution >= 4 is 5.91 Å². The van der Waals surface area contributed by atoms with Crippen LogP contribution >= 0.6 is 0 Å². The Balaban J connectivity index is 1.50. The Bertz CT molecular complexity index is 1030. The minimum atomic E-state index is -0.226. The molecule has 1 aromatic heterocycles. The van der Waals surface area contributed by atoms with Gasteiger partial charge in [-0.05, 0) is 68.7 Å². The maximum atomic E-state index is 13.4. The average Bonchev–Trinajstić information content (AvgIpc) is 3.44. The number of rotatable bonds is 11. The van der Waals surface area contributed by atoms with Crippen LogP contribution in [0.25, 0.3) is 5.69 Å². The smallest absolute Gasteiger partial charge is 0.223 e. The molecule has 190 valence electrons. The fourth-order valence-electron chi connectivity index (χ4n) is 6.49. The van der Waals surface area contributed by atoms with Crippen LogP contribution in [0.4, 0.5) is 4.39 Å². The van der Waals surface area contributed by atoms with Gasteiger partial charge in [0.2, 0.25) is 5.91 Å². The third-order valence-electron chi connectivity index (χ3n) is 8.13. The number of fused-ring (bicyclic) bond motifs is 1. The first-order valence-corrected chi connectivity index (χ1v) is 13.8. The molecule has 0 saturated carbocycles. The normalized spacial score (nSPS) is 20.2. The lowest BCUT2D eigenvalue weighted by Gasteiger charge is -2.30. The maximum absolute atomic E-state index is 13.4. The summed E-state index contributed by atoms with van der Waals surface area (Å²) in [6, 6.07) is 6.85. The van der Waals surface area contributed by atoms with E-state index in [1.165, 1.54) is 29.8 Å². The molecule has 0 bridgehead atoms. The maximum Gasteiger partial charge on any atom is 0.223 e. The van der Waals surface area contributed by atoms with E-state index in [9.17, 15) is 9.18 Å². The highest BCUT2D eigenvalue weighted by molar-refractivity contribution is 5.78. The van der Waals surface area contributed by atoms with E-state index in [2.05, 4.69) is 33.0 Å². The first kappa shape index (κ1) is 25.7. The second kappa shape index (κ2) is 11.5. The Morgan fingerprint density at radius 2 is 1.80 bits per heavy atom. The molecule has 0 spiro atoms. The van der Waals surface area contributed by atoms with E-state index < -0.39 is 0 Å². The molecule has 0 aliphatic heterocycles. The van der Waals surface area contributed by atoms with Crippen molar-refractivity contribution in [3.63, 3.8) is 0 Å². The summed E-state index contributed by atoms with van der Waals surface area (Å²) < 4.78 is 15.4. The van der Waals surface area contributed by atoms with Gasteiger partial charge in [0.1, 0.15) is 5.82 Å². The summed E-state index contributed by atoms with van der Waals surface area (Å²) in [5, 5.41) is 8.16. The minimum absolute atomic E-state index is 0.149. The summed E-state index contributed by atoms with van der Waals surface area (Å²) in [5.41, 5.74) is 6.59. The van der Waals surface area contributed by atoms with E-state index in [1.54, 1.807) is 23.3 Å². The second-order valence-corrected chi connectivity index (χ2v) is 10.6. The summed E-state index contributed by atoms with van der Waals surface area (Å²) >= 11 is 0. The molecule has 4 rings (SSSR count). The van der Waals surface area contributed by atoms with Gasteiger partial charge < -0.3 is 5.32 Å². The van der Waals surface area contributed by atoms with Crippen molar-refractivity contribution < 1.29 is 9.18 Å². The van der Waals surface area contributed by atoms with Crippen molar-refractivity contribution in [2.75, 3.05) is 0 Å². The van der Waals surface area contributed by atoms with Gasteiger partial charge >= 0.3 is 0 Å². The summed E-state index contributed by atoms with van der Waals surface area (Å²) in [7, 11) is 0. The number of carbonyl (C=O) groups excluding carboxylic acids is 1. The lowest BCUT2D eigenvalue weighted by atomic mass is 9.78. The number of hydrogen-bond donors (Lipinski definition) is 1. The molecule has 5 heteroatoms. The van der Waals surface area contributed by atoms with Gasteiger partial charge in [0.25, 0.3) is 0 Å². The first-order valence-electron chi connectivity index (χ1n) is 13.8. The fraction of sp³-hybridized carbons (Fsp3) is 0.600. The number of nitrogens with one attached hydrogen (secondary N) is 1. The Morgan fingerprint density at radius 1 is 1.11 bits per heavy atom. The molecule has 2 aliphatic carbocycles. The van der Waals surface area contributed by atoms with Crippen LogP contribution in [0, 0.1) is 17.7 Å². The van der Waals surface area contributed by atoms with Crippen LogP contribution < -0.4 is 5.32 Å². The highest BCUT2D eigenvalue weighted by Crippen LogP contribution is 2.48. The van der Waals surface area contributed by atoms with Crippen molar-refractivity contribution in [2.45, 2.75) is 104 Å². The highest BCUT2D eigenvalue weighted by Gasteiger charge is 2.37. The van der Waals surface area contributed by atoms with E-state index in [-0.39, 0.29) is 23.7 Å². The minimum Gasteiger partial charge on any atom is -0.353 e. The van der Waals surface area contributed by atoms with Crippen molar-refractivity contribution in [1.29, 1.82) is 0 Å². The van der Waals surface area contributed by atoms with Crippen molar-refractivity contribution in [3.05, 3.63) is 58.7 Å². The number of amides is 1. The average molecular weight is 480 g/mol. The highest BCUT2D eigenvalue weighted by atomic mass is 19.1. The molecule has 1 aromatic carbocycles. The summed E-state index contributed by atoms with van der Waals surface area (Å²) in [6.45, 7) is 8.87.